The number of halogens is 1. The van der Waals surface area contributed by atoms with Gasteiger partial charge in [-0.2, -0.15) is 5.10 Å². The Bertz CT molecular complexity index is 574. The van der Waals surface area contributed by atoms with Crippen LogP contribution in [-0.2, 0) is 11.3 Å². The molecule has 0 fully saturated rings. The number of nitrogens with zero attached hydrogens (tertiary/aromatic N) is 2. The molecule has 0 aliphatic carbocycles. The van der Waals surface area contributed by atoms with Crippen molar-refractivity contribution < 1.29 is 14.2 Å². The number of aromatic nitrogens is 2. The van der Waals surface area contributed by atoms with Crippen molar-refractivity contribution in [3.8, 4) is 11.3 Å². The highest BCUT2D eigenvalue weighted by molar-refractivity contribution is 5.63. The fraction of sp³-hybridized carbons (Fsp3) is 0.400. The van der Waals surface area contributed by atoms with E-state index in [0.29, 0.717) is 24.3 Å². The van der Waals surface area contributed by atoms with Crippen LogP contribution in [0.3, 0.4) is 0 Å². The maximum atomic E-state index is 13.9. The Morgan fingerprint density at radius 2 is 2.19 bits per heavy atom. The van der Waals surface area contributed by atoms with Gasteiger partial charge in [-0.3, -0.25) is 10.00 Å². The summed E-state index contributed by atoms with van der Waals surface area (Å²) in [6.45, 7) is 1.31. The highest BCUT2D eigenvalue weighted by atomic mass is 19.1. The van der Waals surface area contributed by atoms with Crippen LogP contribution >= 0.6 is 0 Å². The van der Waals surface area contributed by atoms with E-state index in [4.69, 9.17) is 4.74 Å². The van der Waals surface area contributed by atoms with Crippen LogP contribution in [0.4, 0.5) is 4.39 Å². The number of aromatic amines is 1. The predicted molar refractivity (Wildman–Crippen MR) is 78.2 cm³/mol. The molecule has 0 amide bonds. The summed E-state index contributed by atoms with van der Waals surface area (Å²) >= 11 is 0. The van der Waals surface area contributed by atoms with Crippen molar-refractivity contribution in [1.82, 2.24) is 15.1 Å². The second kappa shape index (κ2) is 7.31. The second-order valence-corrected chi connectivity index (χ2v) is 5.06. The van der Waals surface area contributed by atoms with E-state index >= 15 is 0 Å². The number of aliphatic hydroxyl groups excluding tert-OH is 1. The van der Waals surface area contributed by atoms with E-state index in [9.17, 15) is 9.50 Å². The molecular weight excluding hydrogens is 273 g/mol. The van der Waals surface area contributed by atoms with Crippen LogP contribution in [-0.4, -0.2) is 53.6 Å². The van der Waals surface area contributed by atoms with Crippen LogP contribution < -0.4 is 0 Å². The Morgan fingerprint density at radius 1 is 1.43 bits per heavy atom. The van der Waals surface area contributed by atoms with Crippen LogP contribution in [0.25, 0.3) is 11.3 Å². The standard InChI is InChI=1S/C15H20FN3O2/c1-19(9-12(20)10-21-2)8-11-7-17-18-15(11)13-5-3-4-6-14(13)16/h3-7,12,20H,8-10H2,1-2H3,(H,17,18). The summed E-state index contributed by atoms with van der Waals surface area (Å²) < 4.78 is 18.8. The molecule has 2 rings (SSSR count). The molecule has 5 nitrogen and oxygen atoms in total. The lowest BCUT2D eigenvalue weighted by Gasteiger charge is -2.20. The molecule has 21 heavy (non-hydrogen) atoms. The van der Waals surface area contributed by atoms with Gasteiger partial charge in [0.05, 0.1) is 24.6 Å². The molecule has 1 aromatic carbocycles. The third kappa shape index (κ3) is 4.10. The Hall–Kier alpha value is -1.76. The van der Waals surface area contributed by atoms with E-state index in [1.54, 1.807) is 31.5 Å². The zero-order valence-corrected chi connectivity index (χ0v) is 12.2. The Labute approximate surface area is 123 Å². The van der Waals surface area contributed by atoms with Crippen LogP contribution in [0.15, 0.2) is 30.5 Å². The van der Waals surface area contributed by atoms with Gasteiger partial charge in [0.2, 0.25) is 0 Å². The Kier molecular flexibility index (Phi) is 5.44. The number of rotatable bonds is 7. The van der Waals surface area contributed by atoms with E-state index in [-0.39, 0.29) is 12.4 Å². The first-order valence-corrected chi connectivity index (χ1v) is 6.74. The van der Waals surface area contributed by atoms with Crippen molar-refractivity contribution in [1.29, 1.82) is 0 Å². The van der Waals surface area contributed by atoms with Gasteiger partial charge in [-0.05, 0) is 19.2 Å². The summed E-state index contributed by atoms with van der Waals surface area (Å²) in [5.74, 6) is -0.287. The normalized spacial score (nSPS) is 12.8. The monoisotopic (exact) mass is 293 g/mol. The number of hydrogen-bond acceptors (Lipinski definition) is 4. The zero-order chi connectivity index (χ0) is 15.2. The number of hydrogen-bond donors (Lipinski definition) is 2. The van der Waals surface area contributed by atoms with E-state index in [1.807, 2.05) is 11.9 Å². The molecule has 6 heteroatoms. The highest BCUT2D eigenvalue weighted by Crippen LogP contribution is 2.24. The molecule has 0 saturated carbocycles. The summed E-state index contributed by atoms with van der Waals surface area (Å²) in [7, 11) is 3.44. The van der Waals surface area contributed by atoms with Gasteiger partial charge in [0.15, 0.2) is 0 Å². The maximum Gasteiger partial charge on any atom is 0.132 e. The summed E-state index contributed by atoms with van der Waals surface area (Å²) in [6, 6.07) is 6.58. The Balaban J connectivity index is 2.09. The summed E-state index contributed by atoms with van der Waals surface area (Å²) in [4.78, 5) is 1.94. The van der Waals surface area contributed by atoms with Gasteiger partial charge in [-0.1, -0.05) is 12.1 Å². The summed E-state index contributed by atoms with van der Waals surface area (Å²) in [6.07, 6.45) is 1.13. The molecule has 0 aliphatic rings. The number of ether oxygens (including phenoxy) is 1. The van der Waals surface area contributed by atoms with Crippen molar-refractivity contribution in [3.05, 3.63) is 41.8 Å². The molecule has 0 bridgehead atoms. The molecule has 2 N–H and O–H groups in total. The third-order valence-electron chi connectivity index (χ3n) is 3.18. The van der Waals surface area contributed by atoms with E-state index < -0.39 is 6.10 Å². The largest absolute Gasteiger partial charge is 0.389 e. The summed E-state index contributed by atoms with van der Waals surface area (Å²) in [5, 5.41) is 16.6. The third-order valence-corrected chi connectivity index (χ3v) is 3.18. The average molecular weight is 293 g/mol. The molecule has 0 spiro atoms. The molecule has 114 valence electrons. The predicted octanol–water partition coefficient (Wildman–Crippen LogP) is 1.65. The maximum absolute atomic E-state index is 13.9. The lowest BCUT2D eigenvalue weighted by atomic mass is 10.1. The van der Waals surface area contributed by atoms with Crippen molar-refractivity contribution in [3.63, 3.8) is 0 Å². The molecule has 1 atom stereocenters. The van der Waals surface area contributed by atoms with Crippen molar-refractivity contribution in [2.45, 2.75) is 12.6 Å². The van der Waals surface area contributed by atoms with Gasteiger partial charge in [-0.15, -0.1) is 0 Å². The van der Waals surface area contributed by atoms with Crippen molar-refractivity contribution in [2.24, 2.45) is 0 Å². The first-order valence-electron chi connectivity index (χ1n) is 6.74. The van der Waals surface area contributed by atoms with Crippen molar-refractivity contribution in [2.75, 3.05) is 27.3 Å². The van der Waals surface area contributed by atoms with Crippen LogP contribution in [0, 0.1) is 5.82 Å². The first-order chi connectivity index (χ1) is 10.1. The lowest BCUT2D eigenvalue weighted by molar-refractivity contribution is 0.0419. The number of nitrogens with one attached hydrogen (secondary N) is 1. The lowest BCUT2D eigenvalue weighted by Crippen LogP contribution is -2.31. The number of aliphatic hydroxyl groups is 1. The van der Waals surface area contributed by atoms with E-state index in [0.717, 1.165) is 5.56 Å². The minimum atomic E-state index is -0.552. The van der Waals surface area contributed by atoms with Gasteiger partial charge < -0.3 is 9.84 Å². The molecule has 1 aromatic heterocycles. The van der Waals surface area contributed by atoms with Crippen LogP contribution in [0.1, 0.15) is 5.56 Å². The van der Waals surface area contributed by atoms with Gasteiger partial charge in [0, 0.05) is 31.3 Å². The fourth-order valence-corrected chi connectivity index (χ4v) is 2.29. The van der Waals surface area contributed by atoms with E-state index in [2.05, 4.69) is 10.2 Å². The van der Waals surface area contributed by atoms with Crippen molar-refractivity contribution >= 4 is 0 Å². The molecule has 2 aromatic rings. The number of methoxy groups -OCH3 is 1. The smallest absolute Gasteiger partial charge is 0.132 e. The zero-order valence-electron chi connectivity index (χ0n) is 12.2. The molecule has 0 saturated heterocycles. The quantitative estimate of drug-likeness (QED) is 0.815. The van der Waals surface area contributed by atoms with Gasteiger partial charge in [-0.25, -0.2) is 4.39 Å². The Morgan fingerprint density at radius 3 is 2.90 bits per heavy atom. The number of likely N-dealkylation sites (N-methyl/N-ethyl adjacent to an activating group) is 1. The molecule has 1 heterocycles. The molecular formula is C15H20FN3O2. The van der Waals surface area contributed by atoms with E-state index in [1.165, 1.54) is 6.07 Å². The van der Waals surface area contributed by atoms with Gasteiger partial charge in [0.25, 0.3) is 0 Å². The van der Waals surface area contributed by atoms with Gasteiger partial charge >= 0.3 is 0 Å². The summed E-state index contributed by atoms with van der Waals surface area (Å²) in [5.41, 5.74) is 2.05. The van der Waals surface area contributed by atoms with Gasteiger partial charge in [0.1, 0.15) is 5.82 Å². The number of benzene rings is 1. The first kappa shape index (κ1) is 15.6. The van der Waals surface area contributed by atoms with Crippen LogP contribution in [0.2, 0.25) is 0 Å². The van der Waals surface area contributed by atoms with Crippen LogP contribution in [0.5, 0.6) is 0 Å². The molecule has 1 unspecified atom stereocenters. The number of H-pyrrole nitrogens is 1. The highest BCUT2D eigenvalue weighted by Gasteiger charge is 2.14. The molecule has 0 radical (unpaired) electrons. The minimum absolute atomic E-state index is 0.287. The minimum Gasteiger partial charge on any atom is -0.389 e. The second-order valence-electron chi connectivity index (χ2n) is 5.06. The molecule has 0 aliphatic heterocycles. The fourth-order valence-electron chi connectivity index (χ4n) is 2.29. The SMILES string of the molecule is COCC(O)CN(C)Cc1cn[nH]c1-c1ccccc1F. The average Bonchev–Trinajstić information content (AvgIpc) is 2.87. The topological polar surface area (TPSA) is 61.4 Å².